The second-order valence-electron chi connectivity index (χ2n) is 6.25. The molecule has 23 heavy (non-hydrogen) atoms. The van der Waals surface area contributed by atoms with Crippen molar-refractivity contribution >= 4 is 5.97 Å². The fourth-order valence-corrected chi connectivity index (χ4v) is 2.88. The van der Waals surface area contributed by atoms with Crippen LogP contribution in [0.15, 0.2) is 0 Å². The molecule has 0 aromatic carbocycles. The first-order valence-electron chi connectivity index (χ1n) is 8.96. The zero-order chi connectivity index (χ0) is 17.0. The highest BCUT2D eigenvalue weighted by Crippen LogP contribution is 2.33. The van der Waals surface area contributed by atoms with Crippen molar-refractivity contribution < 1.29 is 19.0 Å². The van der Waals surface area contributed by atoms with E-state index in [9.17, 15) is 10.1 Å². The van der Waals surface area contributed by atoms with Crippen molar-refractivity contribution in [2.75, 3.05) is 19.8 Å². The molecule has 2 unspecified atom stereocenters. The lowest BCUT2D eigenvalue weighted by Crippen LogP contribution is -2.28. The van der Waals surface area contributed by atoms with E-state index in [4.69, 9.17) is 14.2 Å². The van der Waals surface area contributed by atoms with E-state index >= 15 is 0 Å². The van der Waals surface area contributed by atoms with Gasteiger partial charge in [-0.3, -0.25) is 4.79 Å². The highest BCUT2D eigenvalue weighted by Gasteiger charge is 2.33. The zero-order valence-corrected chi connectivity index (χ0v) is 14.6. The Balaban J connectivity index is 2.53. The average molecular weight is 325 g/mol. The van der Waals surface area contributed by atoms with Gasteiger partial charge in [-0.25, -0.2) is 0 Å². The van der Waals surface area contributed by atoms with Crippen LogP contribution in [0.25, 0.3) is 0 Å². The largest absolute Gasteiger partial charge is 0.466 e. The SMILES string of the molecule is CCCCCC(C#N)(CCOC1CCCCO1)CC(=O)OCC. The van der Waals surface area contributed by atoms with Crippen LogP contribution in [0.1, 0.15) is 71.6 Å². The molecule has 0 amide bonds. The molecule has 1 aliphatic rings. The lowest BCUT2D eigenvalue weighted by atomic mass is 9.78. The second-order valence-corrected chi connectivity index (χ2v) is 6.25. The minimum Gasteiger partial charge on any atom is -0.466 e. The predicted molar refractivity (Wildman–Crippen MR) is 87.6 cm³/mol. The molecule has 1 heterocycles. The zero-order valence-electron chi connectivity index (χ0n) is 14.6. The van der Waals surface area contributed by atoms with Crippen LogP contribution in [0.3, 0.4) is 0 Å². The number of nitrogens with zero attached hydrogens (tertiary/aromatic N) is 1. The molecular formula is C18H31NO4. The number of esters is 1. The Kier molecular flexibility index (Phi) is 9.89. The summed E-state index contributed by atoms with van der Waals surface area (Å²) >= 11 is 0. The second kappa shape index (κ2) is 11.4. The van der Waals surface area contributed by atoms with Crippen molar-refractivity contribution in [3.63, 3.8) is 0 Å². The molecule has 0 radical (unpaired) electrons. The first-order valence-corrected chi connectivity index (χ1v) is 8.96. The number of hydrogen-bond donors (Lipinski definition) is 0. The summed E-state index contributed by atoms with van der Waals surface area (Å²) in [4.78, 5) is 11.9. The van der Waals surface area contributed by atoms with Crippen molar-refractivity contribution in [2.24, 2.45) is 5.41 Å². The fraction of sp³-hybridized carbons (Fsp3) is 0.889. The van der Waals surface area contributed by atoms with E-state index < -0.39 is 5.41 Å². The van der Waals surface area contributed by atoms with Gasteiger partial charge in [0.1, 0.15) is 0 Å². The van der Waals surface area contributed by atoms with E-state index in [-0.39, 0.29) is 18.7 Å². The van der Waals surface area contributed by atoms with Gasteiger partial charge in [-0.1, -0.05) is 26.2 Å². The van der Waals surface area contributed by atoms with E-state index in [1.807, 2.05) is 0 Å². The number of hydrogen-bond acceptors (Lipinski definition) is 5. The van der Waals surface area contributed by atoms with Crippen molar-refractivity contribution in [1.29, 1.82) is 5.26 Å². The molecule has 0 aromatic heterocycles. The lowest BCUT2D eigenvalue weighted by molar-refractivity contribution is -0.166. The highest BCUT2D eigenvalue weighted by atomic mass is 16.7. The van der Waals surface area contributed by atoms with Crippen molar-refractivity contribution in [2.45, 2.75) is 77.9 Å². The molecule has 0 saturated carbocycles. The summed E-state index contributed by atoms with van der Waals surface area (Å²) in [5, 5.41) is 9.69. The molecule has 0 bridgehead atoms. The van der Waals surface area contributed by atoms with Crippen LogP contribution >= 0.6 is 0 Å². The predicted octanol–water partition coefficient (Wildman–Crippen LogP) is 3.96. The number of unbranched alkanes of at least 4 members (excludes halogenated alkanes) is 2. The molecule has 2 atom stereocenters. The summed E-state index contributed by atoms with van der Waals surface area (Å²) in [7, 11) is 0. The summed E-state index contributed by atoms with van der Waals surface area (Å²) in [6.45, 7) is 5.45. The van der Waals surface area contributed by atoms with Gasteiger partial charge in [-0.2, -0.15) is 5.26 Å². The molecule has 0 N–H and O–H groups in total. The van der Waals surface area contributed by atoms with Gasteiger partial charge >= 0.3 is 5.97 Å². The van der Waals surface area contributed by atoms with Crippen LogP contribution in [0.4, 0.5) is 0 Å². The number of ether oxygens (including phenoxy) is 3. The molecule has 1 fully saturated rings. The fourth-order valence-electron chi connectivity index (χ4n) is 2.88. The third-order valence-electron chi connectivity index (χ3n) is 4.31. The van der Waals surface area contributed by atoms with Crippen molar-refractivity contribution in [3.8, 4) is 6.07 Å². The number of rotatable bonds is 11. The van der Waals surface area contributed by atoms with E-state index in [1.165, 1.54) is 0 Å². The third-order valence-corrected chi connectivity index (χ3v) is 4.31. The van der Waals surface area contributed by atoms with Crippen LogP contribution in [-0.4, -0.2) is 32.1 Å². The van der Waals surface area contributed by atoms with E-state index in [1.54, 1.807) is 6.92 Å². The first-order chi connectivity index (χ1) is 11.2. The van der Waals surface area contributed by atoms with E-state index in [2.05, 4.69) is 13.0 Å². The average Bonchev–Trinajstić information content (AvgIpc) is 2.56. The quantitative estimate of drug-likeness (QED) is 0.425. The molecule has 5 nitrogen and oxygen atoms in total. The van der Waals surface area contributed by atoms with Crippen molar-refractivity contribution in [3.05, 3.63) is 0 Å². The molecular weight excluding hydrogens is 294 g/mol. The summed E-state index contributed by atoms with van der Waals surface area (Å²) in [6, 6.07) is 2.38. The lowest BCUT2D eigenvalue weighted by Gasteiger charge is -2.28. The van der Waals surface area contributed by atoms with Crippen LogP contribution < -0.4 is 0 Å². The van der Waals surface area contributed by atoms with Crippen LogP contribution in [0.5, 0.6) is 0 Å². The van der Waals surface area contributed by atoms with Crippen LogP contribution in [0, 0.1) is 16.7 Å². The molecule has 5 heteroatoms. The minimum absolute atomic E-state index is 0.149. The van der Waals surface area contributed by atoms with Gasteiger partial charge in [0.05, 0.1) is 31.1 Å². The standard InChI is InChI=1S/C18H31NO4/c1-3-5-7-10-18(15-19,14-16(20)21-4-2)11-13-23-17-9-6-8-12-22-17/h17H,3-14H2,1-2H3. The van der Waals surface area contributed by atoms with Gasteiger partial charge in [0.15, 0.2) is 6.29 Å². The van der Waals surface area contributed by atoms with E-state index in [0.29, 0.717) is 26.1 Å². The van der Waals surface area contributed by atoms with Crippen LogP contribution in [0.2, 0.25) is 0 Å². The molecule has 1 saturated heterocycles. The Morgan fingerprint density at radius 3 is 2.74 bits per heavy atom. The Labute approximate surface area is 140 Å². The van der Waals surface area contributed by atoms with Crippen molar-refractivity contribution in [1.82, 2.24) is 0 Å². The maximum absolute atomic E-state index is 11.9. The van der Waals surface area contributed by atoms with E-state index in [0.717, 1.165) is 45.1 Å². The van der Waals surface area contributed by atoms with Gasteiger partial charge in [0.25, 0.3) is 0 Å². The topological polar surface area (TPSA) is 68.5 Å². The van der Waals surface area contributed by atoms with Gasteiger partial charge < -0.3 is 14.2 Å². The van der Waals surface area contributed by atoms with Crippen LogP contribution in [-0.2, 0) is 19.0 Å². The monoisotopic (exact) mass is 325 g/mol. The highest BCUT2D eigenvalue weighted by molar-refractivity contribution is 5.70. The molecule has 0 aromatic rings. The summed E-state index contributed by atoms with van der Waals surface area (Å²) in [6.07, 6.45) is 7.48. The Hall–Kier alpha value is -1.12. The number of nitriles is 1. The number of carbonyl (C=O) groups is 1. The molecule has 1 rings (SSSR count). The minimum atomic E-state index is -0.684. The van der Waals surface area contributed by atoms with Gasteiger partial charge in [-0.15, -0.1) is 0 Å². The molecule has 0 aliphatic carbocycles. The molecule has 1 aliphatic heterocycles. The maximum atomic E-state index is 11.9. The maximum Gasteiger partial charge on any atom is 0.307 e. The molecule has 0 spiro atoms. The Morgan fingerprint density at radius 2 is 2.13 bits per heavy atom. The third kappa shape index (κ3) is 7.81. The smallest absolute Gasteiger partial charge is 0.307 e. The molecule has 132 valence electrons. The van der Waals surface area contributed by atoms with Gasteiger partial charge in [-0.05, 0) is 39.0 Å². The summed E-state index contributed by atoms with van der Waals surface area (Å²) < 4.78 is 16.4. The first kappa shape index (κ1) is 19.9. The Bertz CT molecular complexity index is 374. The Morgan fingerprint density at radius 1 is 1.30 bits per heavy atom. The summed E-state index contributed by atoms with van der Waals surface area (Å²) in [5.41, 5.74) is -0.684. The van der Waals surface area contributed by atoms with Gasteiger partial charge in [0.2, 0.25) is 0 Å². The number of carbonyl (C=O) groups excluding carboxylic acids is 1. The normalized spacial score (nSPS) is 20.5. The van der Waals surface area contributed by atoms with Gasteiger partial charge in [0, 0.05) is 6.61 Å². The summed E-state index contributed by atoms with van der Waals surface area (Å²) in [5.74, 6) is -0.292.